The Bertz CT molecular complexity index is 478. The van der Waals surface area contributed by atoms with Crippen LogP contribution >= 0.6 is 0 Å². The van der Waals surface area contributed by atoms with E-state index >= 15 is 0 Å². The van der Waals surface area contributed by atoms with Crippen LogP contribution in [0.1, 0.15) is 0 Å². The van der Waals surface area contributed by atoms with E-state index in [0.717, 1.165) is 0 Å². The van der Waals surface area contributed by atoms with E-state index in [1.54, 1.807) is 24.3 Å². The van der Waals surface area contributed by atoms with Crippen molar-refractivity contribution in [1.82, 2.24) is 0 Å². The first-order valence-electron chi connectivity index (χ1n) is 6.25. The Morgan fingerprint density at radius 1 is 0.810 bits per heavy atom. The topological polar surface area (TPSA) is 66.5 Å². The molecule has 3 aromatic rings. The van der Waals surface area contributed by atoms with Gasteiger partial charge >= 0.3 is 7.12 Å². The zero-order chi connectivity index (χ0) is 14.6. The van der Waals surface area contributed by atoms with Crippen LogP contribution in [0.4, 0.5) is 5.69 Å². The summed E-state index contributed by atoms with van der Waals surface area (Å²) in [4.78, 5) is 0. The third-order valence-corrected chi connectivity index (χ3v) is 2.39. The molecule has 3 nitrogen and oxygen atoms in total. The molecule has 0 saturated carbocycles. The summed E-state index contributed by atoms with van der Waals surface area (Å²) in [5.74, 6) is 0. The third kappa shape index (κ3) is 8.89. The molecule has 4 N–H and O–H groups in total. The van der Waals surface area contributed by atoms with Crippen molar-refractivity contribution in [1.29, 1.82) is 0 Å². The maximum Gasteiger partial charge on any atom is 0.490 e. The van der Waals surface area contributed by atoms with Crippen molar-refractivity contribution < 1.29 is 27.1 Å². The Balaban J connectivity index is 0.000000307. The Morgan fingerprint density at radius 2 is 1.29 bits per heavy atom. The van der Waals surface area contributed by atoms with Gasteiger partial charge in [-0.05, 0) is 6.07 Å². The quantitative estimate of drug-likeness (QED) is 0.363. The average molecular weight is 323 g/mol. The third-order valence-electron chi connectivity index (χ3n) is 2.39. The first-order valence-corrected chi connectivity index (χ1v) is 6.25. The predicted molar refractivity (Wildman–Crippen MR) is 84.8 cm³/mol. The van der Waals surface area contributed by atoms with Crippen LogP contribution in [0.2, 0.25) is 0 Å². The van der Waals surface area contributed by atoms with E-state index in [2.05, 4.69) is 0 Å². The molecule has 0 aromatic heterocycles. The number of rotatable bonds is 1. The second-order valence-electron chi connectivity index (χ2n) is 3.93. The van der Waals surface area contributed by atoms with Gasteiger partial charge in [0.25, 0.3) is 0 Å². The molecule has 0 fully saturated rings. The standard InChI is InChI=1S/C6H8BNO2.2C5H5.Fe/c8-6-4-2-1-3-5(6)7(9)10;2*1-2-4-5-3-1;/h1-4,9-10H,8H2;2*1-5H;/q;-5;-1;. The van der Waals surface area contributed by atoms with Gasteiger partial charge in [-0.3, -0.25) is 0 Å². The molecule has 0 amide bonds. The second-order valence-corrected chi connectivity index (χ2v) is 3.93. The van der Waals surface area contributed by atoms with Crippen molar-refractivity contribution in [2.24, 2.45) is 0 Å². The van der Waals surface area contributed by atoms with Crippen LogP contribution in [0.5, 0.6) is 0 Å². The van der Waals surface area contributed by atoms with Crippen LogP contribution in [0.25, 0.3) is 0 Å². The molecule has 116 valence electrons. The smallest absolute Gasteiger partial charge is 0.490 e. The molecular formula is C16H18BFeNO2-6. The zero-order valence-corrected chi connectivity index (χ0v) is 12.6. The molecule has 5 heteroatoms. The van der Waals surface area contributed by atoms with Gasteiger partial charge in [0, 0.05) is 28.2 Å². The first-order chi connectivity index (χ1) is 9.72. The second kappa shape index (κ2) is 12.0. The first kappa shape index (κ1) is 19.2. The molecule has 0 spiro atoms. The molecule has 0 aliphatic carbocycles. The SMILES string of the molecule is Nc1ccccc1B(O)O.[Fe].[cH-]1[cH-][cH-][cH-][cH-]1.c1cc[cH-]c1. The van der Waals surface area contributed by atoms with Gasteiger partial charge in [0.2, 0.25) is 0 Å². The fourth-order valence-corrected chi connectivity index (χ4v) is 1.39. The molecule has 0 saturated heterocycles. The molecule has 3 aromatic carbocycles. The van der Waals surface area contributed by atoms with Gasteiger partial charge in [0.1, 0.15) is 0 Å². The summed E-state index contributed by atoms with van der Waals surface area (Å²) in [6.07, 6.45) is 0. The summed E-state index contributed by atoms with van der Waals surface area (Å²) >= 11 is 0. The van der Waals surface area contributed by atoms with Crippen molar-refractivity contribution in [3.63, 3.8) is 0 Å². The number of benzene rings is 1. The molecular weight excluding hydrogens is 305 g/mol. The van der Waals surface area contributed by atoms with Crippen LogP contribution in [-0.4, -0.2) is 17.2 Å². The Hall–Kier alpha value is -1.78. The number of hydrogen-bond acceptors (Lipinski definition) is 3. The molecule has 0 bridgehead atoms. The van der Waals surface area contributed by atoms with Crippen LogP contribution < -0.4 is 11.2 Å². The molecule has 0 heterocycles. The molecule has 0 atom stereocenters. The summed E-state index contributed by atoms with van der Waals surface area (Å²) in [5.41, 5.74) is 6.15. The number of nitrogens with two attached hydrogens (primary N) is 1. The monoisotopic (exact) mass is 323 g/mol. The van der Waals surface area contributed by atoms with Gasteiger partial charge in [-0.15, -0.1) is 0 Å². The normalized spacial score (nSPS) is 8.29. The van der Waals surface area contributed by atoms with Gasteiger partial charge in [-0.2, -0.15) is 18.2 Å². The minimum absolute atomic E-state index is 0. The minimum atomic E-state index is -1.47. The summed E-state index contributed by atoms with van der Waals surface area (Å²) in [6, 6.07) is 26.6. The van der Waals surface area contributed by atoms with E-state index in [1.165, 1.54) is 0 Å². The van der Waals surface area contributed by atoms with Crippen LogP contribution in [0.3, 0.4) is 0 Å². The average Bonchev–Trinajstić information content (AvgIpc) is 3.18. The Morgan fingerprint density at radius 3 is 1.57 bits per heavy atom. The Labute approximate surface area is 136 Å². The van der Waals surface area contributed by atoms with Crippen LogP contribution in [0, 0.1) is 0 Å². The summed E-state index contributed by atoms with van der Waals surface area (Å²) in [6.45, 7) is 0. The number of para-hydroxylation sites is 1. The molecule has 0 aliphatic heterocycles. The fraction of sp³-hybridized carbons (Fsp3) is 0. The van der Waals surface area contributed by atoms with E-state index in [-0.39, 0.29) is 17.1 Å². The van der Waals surface area contributed by atoms with Crippen molar-refractivity contribution >= 4 is 18.3 Å². The number of anilines is 1. The van der Waals surface area contributed by atoms with E-state index in [0.29, 0.717) is 11.2 Å². The Kier molecular flexibility index (Phi) is 11.0. The molecule has 21 heavy (non-hydrogen) atoms. The van der Waals surface area contributed by atoms with E-state index in [4.69, 9.17) is 15.8 Å². The summed E-state index contributed by atoms with van der Waals surface area (Å²) in [5, 5.41) is 17.4. The van der Waals surface area contributed by atoms with E-state index < -0.39 is 7.12 Å². The van der Waals surface area contributed by atoms with Gasteiger partial charge in [-0.25, -0.2) is 12.1 Å². The van der Waals surface area contributed by atoms with E-state index in [9.17, 15) is 0 Å². The van der Waals surface area contributed by atoms with Gasteiger partial charge in [0.15, 0.2) is 0 Å². The van der Waals surface area contributed by atoms with Gasteiger partial charge < -0.3 is 46.1 Å². The maximum atomic E-state index is 8.68. The van der Waals surface area contributed by atoms with Crippen LogP contribution in [-0.2, 0) is 17.1 Å². The summed E-state index contributed by atoms with van der Waals surface area (Å²) in [7, 11) is -1.47. The van der Waals surface area contributed by atoms with Crippen molar-refractivity contribution in [2.45, 2.75) is 0 Å². The fourth-order valence-electron chi connectivity index (χ4n) is 1.39. The summed E-state index contributed by atoms with van der Waals surface area (Å²) < 4.78 is 0. The predicted octanol–water partition coefficient (Wildman–Crippen LogP) is 1.76. The zero-order valence-electron chi connectivity index (χ0n) is 11.5. The maximum absolute atomic E-state index is 8.68. The molecule has 3 rings (SSSR count). The largest absolute Gasteiger partial charge is 0.748 e. The van der Waals surface area contributed by atoms with Crippen molar-refractivity contribution in [3.8, 4) is 0 Å². The molecule has 0 unspecified atom stereocenters. The van der Waals surface area contributed by atoms with Crippen LogP contribution in [0.15, 0.2) is 84.9 Å². The number of nitrogen functional groups attached to an aromatic ring is 1. The van der Waals surface area contributed by atoms with Crippen molar-refractivity contribution in [2.75, 3.05) is 5.73 Å². The van der Waals surface area contributed by atoms with Crippen molar-refractivity contribution in [3.05, 3.63) is 84.9 Å². The van der Waals surface area contributed by atoms with Gasteiger partial charge in [0.05, 0.1) is 0 Å². The molecule has 0 aliphatic rings. The van der Waals surface area contributed by atoms with Gasteiger partial charge in [-0.1, -0.05) is 18.2 Å². The molecule has 0 radical (unpaired) electrons. The van der Waals surface area contributed by atoms with E-state index in [1.807, 2.05) is 60.7 Å². The minimum Gasteiger partial charge on any atom is -0.748 e. The number of hydrogen-bond donors (Lipinski definition) is 3.